The molecule has 0 radical (unpaired) electrons. The van der Waals surface area contributed by atoms with Gasteiger partial charge in [-0.1, -0.05) is 19.3 Å². The second-order valence-electron chi connectivity index (χ2n) is 6.86. The molecular formula is C20H21FN4O3. The minimum absolute atomic E-state index is 0.120. The summed E-state index contributed by atoms with van der Waals surface area (Å²) in [6.07, 6.45) is 6.80. The molecule has 2 aromatic rings. The first-order valence-electron chi connectivity index (χ1n) is 9.10. The van der Waals surface area contributed by atoms with Gasteiger partial charge in [0.2, 0.25) is 0 Å². The number of carbonyl (C=O) groups is 2. The number of amides is 1. The topological polar surface area (TPSA) is 88.2 Å². The van der Waals surface area contributed by atoms with Crippen LogP contribution in [0.5, 0.6) is 0 Å². The summed E-state index contributed by atoms with van der Waals surface area (Å²) in [5, 5.41) is 9.58. The van der Waals surface area contributed by atoms with E-state index in [9.17, 15) is 19.2 Å². The van der Waals surface area contributed by atoms with Gasteiger partial charge in [0.25, 0.3) is 5.91 Å². The molecule has 0 saturated heterocycles. The number of nitriles is 1. The summed E-state index contributed by atoms with van der Waals surface area (Å²) < 4.78 is 19.7. The van der Waals surface area contributed by atoms with Crippen molar-refractivity contribution in [3.05, 3.63) is 48.3 Å². The smallest absolute Gasteiger partial charge is 0.357 e. The van der Waals surface area contributed by atoms with E-state index in [1.807, 2.05) is 0 Å². The maximum absolute atomic E-state index is 13.1. The predicted octanol–water partition coefficient (Wildman–Crippen LogP) is 2.85. The first-order valence-corrected chi connectivity index (χ1v) is 9.10. The third-order valence-electron chi connectivity index (χ3n) is 5.18. The molecule has 1 saturated carbocycles. The molecule has 0 unspecified atom stereocenters. The zero-order valence-corrected chi connectivity index (χ0v) is 15.6. The summed E-state index contributed by atoms with van der Waals surface area (Å²) in [7, 11) is 1.58. The minimum atomic E-state index is -0.836. The molecule has 1 fully saturated rings. The highest BCUT2D eigenvalue weighted by Crippen LogP contribution is 2.32. The Morgan fingerprint density at radius 2 is 1.96 bits per heavy atom. The van der Waals surface area contributed by atoms with Gasteiger partial charge in [-0.2, -0.15) is 5.26 Å². The SMILES string of the molecule is CN(C(=O)COC(=O)c1cncn1-c1ccc(F)cc1)C1(C#N)CCCCC1. The first kappa shape index (κ1) is 19.5. The Morgan fingerprint density at radius 1 is 1.29 bits per heavy atom. The number of imidazole rings is 1. The van der Waals surface area contributed by atoms with Crippen molar-refractivity contribution in [1.82, 2.24) is 14.5 Å². The number of ether oxygens (including phenoxy) is 1. The van der Waals surface area contributed by atoms with Crippen LogP contribution in [0.2, 0.25) is 0 Å². The van der Waals surface area contributed by atoms with Gasteiger partial charge in [0.05, 0.1) is 18.6 Å². The third-order valence-corrected chi connectivity index (χ3v) is 5.18. The first-order chi connectivity index (χ1) is 13.5. The molecule has 1 aliphatic carbocycles. The molecule has 0 spiro atoms. The number of rotatable bonds is 5. The van der Waals surface area contributed by atoms with Crippen LogP contribution in [0.1, 0.15) is 42.6 Å². The predicted molar refractivity (Wildman–Crippen MR) is 98.0 cm³/mol. The lowest BCUT2D eigenvalue weighted by Gasteiger charge is -2.38. The fourth-order valence-electron chi connectivity index (χ4n) is 3.45. The molecule has 8 heteroatoms. The quantitative estimate of drug-likeness (QED) is 0.740. The van der Waals surface area contributed by atoms with Crippen molar-refractivity contribution < 1.29 is 18.7 Å². The van der Waals surface area contributed by atoms with Crippen LogP contribution in [0.15, 0.2) is 36.8 Å². The molecule has 7 nitrogen and oxygen atoms in total. The fraction of sp³-hybridized carbons (Fsp3) is 0.400. The van der Waals surface area contributed by atoms with Crippen LogP contribution in [0.4, 0.5) is 4.39 Å². The Kier molecular flexibility index (Phi) is 5.73. The number of hydrogen-bond donors (Lipinski definition) is 0. The summed E-state index contributed by atoms with van der Waals surface area (Å²) in [6, 6.07) is 7.83. The van der Waals surface area contributed by atoms with E-state index in [4.69, 9.17) is 4.74 Å². The molecule has 1 aliphatic rings. The number of halogens is 1. The summed E-state index contributed by atoms with van der Waals surface area (Å²) in [5.74, 6) is -1.54. The number of nitrogens with zero attached hydrogens (tertiary/aromatic N) is 4. The Balaban J connectivity index is 1.66. The van der Waals surface area contributed by atoms with Crippen molar-refractivity contribution >= 4 is 11.9 Å². The Hall–Kier alpha value is -3.21. The third kappa shape index (κ3) is 3.88. The van der Waals surface area contributed by atoms with Crippen molar-refractivity contribution in [2.24, 2.45) is 0 Å². The number of carbonyl (C=O) groups excluding carboxylic acids is 2. The van der Waals surface area contributed by atoms with Crippen LogP contribution in [0.25, 0.3) is 5.69 Å². The van der Waals surface area contributed by atoms with E-state index in [1.54, 1.807) is 7.05 Å². The van der Waals surface area contributed by atoms with Crippen LogP contribution >= 0.6 is 0 Å². The minimum Gasteiger partial charge on any atom is -0.451 e. The standard InChI is InChI=1S/C20H21FN4O3/c1-24(20(13-22)9-3-2-4-10-20)18(26)12-28-19(27)17-11-23-14-25(17)16-7-5-15(21)6-8-16/h5-8,11,14H,2-4,9-10,12H2,1H3. The van der Waals surface area contributed by atoms with Gasteiger partial charge < -0.3 is 9.64 Å². The summed E-state index contributed by atoms with van der Waals surface area (Å²) in [4.78, 5) is 30.3. The van der Waals surface area contributed by atoms with Gasteiger partial charge >= 0.3 is 5.97 Å². The Morgan fingerprint density at radius 3 is 2.61 bits per heavy atom. The van der Waals surface area contributed by atoms with E-state index < -0.39 is 29.8 Å². The number of hydrogen-bond acceptors (Lipinski definition) is 5. The zero-order chi connectivity index (χ0) is 20.1. The van der Waals surface area contributed by atoms with Gasteiger partial charge in [-0.05, 0) is 37.1 Å². The maximum atomic E-state index is 13.1. The van der Waals surface area contributed by atoms with Crippen LogP contribution < -0.4 is 0 Å². The molecule has 0 bridgehead atoms. The van der Waals surface area contributed by atoms with Gasteiger partial charge in [-0.25, -0.2) is 14.2 Å². The second kappa shape index (κ2) is 8.21. The van der Waals surface area contributed by atoms with E-state index in [1.165, 1.54) is 46.3 Å². The molecule has 146 valence electrons. The molecule has 28 heavy (non-hydrogen) atoms. The number of aromatic nitrogens is 2. The highest BCUT2D eigenvalue weighted by Gasteiger charge is 2.39. The van der Waals surface area contributed by atoms with E-state index in [0.29, 0.717) is 18.5 Å². The van der Waals surface area contributed by atoms with Crippen molar-refractivity contribution in [3.63, 3.8) is 0 Å². The summed E-state index contributed by atoms with van der Waals surface area (Å²) in [6.45, 7) is -0.465. The van der Waals surface area contributed by atoms with Gasteiger partial charge in [-0.15, -0.1) is 0 Å². The lowest BCUT2D eigenvalue weighted by atomic mass is 9.81. The lowest BCUT2D eigenvalue weighted by Crippen LogP contribution is -2.51. The molecule has 0 atom stereocenters. The van der Waals surface area contributed by atoms with Crippen LogP contribution in [-0.2, 0) is 9.53 Å². The Labute approximate surface area is 162 Å². The lowest BCUT2D eigenvalue weighted by molar-refractivity contribution is -0.138. The van der Waals surface area contributed by atoms with Crippen molar-refractivity contribution in [2.75, 3.05) is 13.7 Å². The van der Waals surface area contributed by atoms with Crippen LogP contribution in [0.3, 0.4) is 0 Å². The fourth-order valence-corrected chi connectivity index (χ4v) is 3.45. The molecule has 0 aliphatic heterocycles. The van der Waals surface area contributed by atoms with Crippen LogP contribution in [-0.4, -0.2) is 45.5 Å². The van der Waals surface area contributed by atoms with E-state index >= 15 is 0 Å². The van der Waals surface area contributed by atoms with Gasteiger partial charge in [-0.3, -0.25) is 9.36 Å². The molecule has 1 aromatic carbocycles. The van der Waals surface area contributed by atoms with Gasteiger partial charge in [0, 0.05) is 12.7 Å². The molecule has 1 heterocycles. The second-order valence-corrected chi connectivity index (χ2v) is 6.86. The highest BCUT2D eigenvalue weighted by atomic mass is 19.1. The summed E-state index contributed by atoms with van der Waals surface area (Å²) >= 11 is 0. The van der Waals surface area contributed by atoms with Gasteiger partial charge in [0.15, 0.2) is 12.3 Å². The maximum Gasteiger partial charge on any atom is 0.357 e. The molecular weight excluding hydrogens is 363 g/mol. The van der Waals surface area contributed by atoms with Crippen LogP contribution in [0, 0.1) is 17.1 Å². The highest BCUT2D eigenvalue weighted by molar-refractivity contribution is 5.90. The average molecular weight is 384 g/mol. The van der Waals surface area contributed by atoms with E-state index in [-0.39, 0.29) is 5.69 Å². The van der Waals surface area contributed by atoms with E-state index in [0.717, 1.165) is 19.3 Å². The van der Waals surface area contributed by atoms with E-state index in [2.05, 4.69) is 11.1 Å². The van der Waals surface area contributed by atoms with Crippen molar-refractivity contribution in [2.45, 2.75) is 37.6 Å². The zero-order valence-electron chi connectivity index (χ0n) is 15.6. The molecule has 1 amide bonds. The number of benzene rings is 1. The monoisotopic (exact) mass is 384 g/mol. The largest absolute Gasteiger partial charge is 0.451 e. The normalized spacial score (nSPS) is 15.5. The van der Waals surface area contributed by atoms with Crippen molar-refractivity contribution in [3.8, 4) is 11.8 Å². The molecule has 3 rings (SSSR count). The molecule has 1 aromatic heterocycles. The summed E-state index contributed by atoms with van der Waals surface area (Å²) in [5.41, 5.74) is -0.174. The Bertz CT molecular complexity index is 895. The number of esters is 1. The average Bonchev–Trinajstić information content (AvgIpc) is 3.22. The van der Waals surface area contributed by atoms with Gasteiger partial charge in [0.1, 0.15) is 11.4 Å². The molecule has 0 N–H and O–H groups in total. The van der Waals surface area contributed by atoms with Crippen molar-refractivity contribution in [1.29, 1.82) is 5.26 Å². The number of likely N-dealkylation sites (N-methyl/N-ethyl adjacent to an activating group) is 1.